The fourth-order valence-electron chi connectivity index (χ4n) is 7.37. The minimum atomic E-state index is -3.67. The number of thioether (sulfide) groups is 1. The van der Waals surface area contributed by atoms with Gasteiger partial charge in [-0.2, -0.15) is 0 Å². The number of sulfone groups is 1. The quantitative estimate of drug-likeness (QED) is 0.156. The molecule has 0 aromatic rings. The van der Waals surface area contributed by atoms with Gasteiger partial charge in [0.25, 0.3) is 0 Å². The Hall–Kier alpha value is -0.760. The van der Waals surface area contributed by atoms with Crippen molar-refractivity contribution >= 4 is 21.6 Å². The molecule has 2 aliphatic carbocycles. The number of nitro groups is 1. The molecule has 0 aromatic carbocycles. The van der Waals surface area contributed by atoms with Gasteiger partial charge in [0.05, 0.1) is 42.7 Å². The van der Waals surface area contributed by atoms with Crippen molar-refractivity contribution in [3.63, 3.8) is 0 Å². The predicted molar refractivity (Wildman–Crippen MR) is 163 cm³/mol. The minimum absolute atomic E-state index is 0.0236. The van der Waals surface area contributed by atoms with Crippen LogP contribution < -0.4 is 26.8 Å². The number of alkyl halides is 2. The van der Waals surface area contributed by atoms with Crippen molar-refractivity contribution in [3.8, 4) is 0 Å². The van der Waals surface area contributed by atoms with Gasteiger partial charge in [-0.05, 0) is 57.8 Å². The van der Waals surface area contributed by atoms with Crippen molar-refractivity contribution in [1.29, 1.82) is 0 Å². The molecule has 3 heterocycles. The van der Waals surface area contributed by atoms with E-state index in [1.54, 1.807) is 7.11 Å². The van der Waals surface area contributed by atoms with E-state index in [2.05, 4.69) is 38.6 Å². The van der Waals surface area contributed by atoms with Crippen LogP contribution in [-0.4, -0.2) is 122 Å². The summed E-state index contributed by atoms with van der Waals surface area (Å²) in [7, 11) is -1.98. The first-order valence-corrected chi connectivity index (χ1v) is 18.6. The standard InChI is InChI=1S/C27H49F2N7O6S2/c1-16-14-22(34-33-16)30-25-24(41-2)26(35-9-11-42-12-10-35)32-27(31-25)43-21-7-6-18(15-19(21)28)44(39,40)13-8-17-4-3-5-20(23(17)29)36(37)38/h16-27,30-34H,3-15H2,1-2H3. The van der Waals surface area contributed by atoms with Crippen LogP contribution in [0.4, 0.5) is 8.78 Å². The van der Waals surface area contributed by atoms with E-state index in [-0.39, 0.29) is 55.1 Å². The van der Waals surface area contributed by atoms with Crippen LogP contribution in [0.2, 0.25) is 0 Å². The van der Waals surface area contributed by atoms with Crippen LogP contribution in [0.3, 0.4) is 0 Å². The highest BCUT2D eigenvalue weighted by molar-refractivity contribution is 8.00. The third-order valence-electron chi connectivity index (χ3n) is 9.90. The summed E-state index contributed by atoms with van der Waals surface area (Å²) in [6.45, 7) is 4.83. The zero-order valence-corrected chi connectivity index (χ0v) is 27.2. The van der Waals surface area contributed by atoms with Gasteiger partial charge in [0, 0.05) is 42.8 Å². The summed E-state index contributed by atoms with van der Waals surface area (Å²) in [5.74, 6) is -0.917. The fourth-order valence-corrected chi connectivity index (χ4v) is 10.7. The molecule has 0 amide bonds. The van der Waals surface area contributed by atoms with Crippen LogP contribution in [0.5, 0.6) is 0 Å². The fraction of sp³-hybridized carbons (Fsp3) is 1.00. The predicted octanol–water partition coefficient (Wildman–Crippen LogP) is 0.845. The van der Waals surface area contributed by atoms with Gasteiger partial charge in [-0.3, -0.25) is 36.4 Å². The first kappa shape index (κ1) is 34.6. The number of hydrazine groups is 1. The van der Waals surface area contributed by atoms with E-state index in [0.29, 0.717) is 44.9 Å². The molecule has 0 bridgehead atoms. The Kier molecular flexibility index (Phi) is 12.1. The lowest BCUT2D eigenvalue weighted by Crippen LogP contribution is -2.75. The van der Waals surface area contributed by atoms with Crippen LogP contribution in [0.25, 0.3) is 0 Å². The summed E-state index contributed by atoms with van der Waals surface area (Å²) in [4.78, 5) is 12.9. The summed E-state index contributed by atoms with van der Waals surface area (Å²) in [6, 6.07) is -0.958. The molecule has 3 saturated heterocycles. The van der Waals surface area contributed by atoms with E-state index < -0.39 is 49.6 Å². The highest BCUT2D eigenvalue weighted by atomic mass is 32.2. The van der Waals surface area contributed by atoms with Gasteiger partial charge in [-0.25, -0.2) is 22.6 Å². The van der Waals surface area contributed by atoms with Gasteiger partial charge in [-0.1, -0.05) is 0 Å². The topological polar surface area (TPSA) is 159 Å². The maximum Gasteiger partial charge on any atom is 0.244 e. The largest absolute Gasteiger partial charge is 0.379 e. The number of hydrogen-bond acceptors (Lipinski definition) is 13. The smallest absolute Gasteiger partial charge is 0.244 e. The van der Waals surface area contributed by atoms with Crippen LogP contribution in [0.1, 0.15) is 58.3 Å². The molecular weight excluding hydrogens is 620 g/mol. The van der Waals surface area contributed by atoms with Crippen LogP contribution in [0, 0.1) is 16.0 Å². The first-order chi connectivity index (χ1) is 21.1. The number of halogens is 2. The van der Waals surface area contributed by atoms with Gasteiger partial charge in [0.15, 0.2) is 16.0 Å². The number of hydrogen-bond donors (Lipinski definition) is 5. The first-order valence-electron chi connectivity index (χ1n) is 16.0. The van der Waals surface area contributed by atoms with E-state index in [4.69, 9.17) is 9.47 Å². The summed E-state index contributed by atoms with van der Waals surface area (Å²) < 4.78 is 68.4. The van der Waals surface area contributed by atoms with Gasteiger partial charge >= 0.3 is 0 Å². The van der Waals surface area contributed by atoms with Crippen molar-refractivity contribution in [3.05, 3.63) is 10.1 Å². The third-order valence-corrected chi connectivity index (χ3v) is 13.6. The van der Waals surface area contributed by atoms with E-state index in [9.17, 15) is 22.9 Å². The molecule has 5 fully saturated rings. The lowest BCUT2D eigenvalue weighted by molar-refractivity contribution is -0.536. The number of rotatable bonds is 11. The lowest BCUT2D eigenvalue weighted by Gasteiger charge is -2.49. The van der Waals surface area contributed by atoms with Crippen LogP contribution in [-0.2, 0) is 19.3 Å². The summed E-state index contributed by atoms with van der Waals surface area (Å²) in [5, 5.41) is 20.8. The highest BCUT2D eigenvalue weighted by Crippen LogP contribution is 2.38. The Bertz CT molecular complexity index is 1060. The summed E-state index contributed by atoms with van der Waals surface area (Å²) in [5.41, 5.74) is 6.19. The molecule has 3 aliphatic heterocycles. The summed E-state index contributed by atoms with van der Waals surface area (Å²) >= 11 is 1.45. The Morgan fingerprint density at radius 2 is 1.89 bits per heavy atom. The molecule has 0 radical (unpaired) electrons. The second kappa shape index (κ2) is 15.4. The monoisotopic (exact) mass is 669 g/mol. The third kappa shape index (κ3) is 8.39. The average Bonchev–Trinajstić information content (AvgIpc) is 3.41. The second-order valence-corrected chi connectivity index (χ2v) is 16.6. The second-order valence-electron chi connectivity index (χ2n) is 12.9. The molecule has 5 aliphatic rings. The van der Waals surface area contributed by atoms with Gasteiger partial charge in [0.2, 0.25) is 6.04 Å². The van der Waals surface area contributed by atoms with Crippen molar-refractivity contribution < 1.29 is 31.6 Å². The molecule has 17 heteroatoms. The molecule has 12 unspecified atom stereocenters. The normalized spacial score (nSPS) is 42.7. The molecule has 13 nitrogen and oxygen atoms in total. The molecule has 44 heavy (non-hydrogen) atoms. The molecule has 0 aromatic heterocycles. The molecule has 0 spiro atoms. The number of morpholine rings is 1. The molecule has 12 atom stereocenters. The zero-order valence-electron chi connectivity index (χ0n) is 25.5. The Labute approximate surface area is 263 Å². The van der Waals surface area contributed by atoms with Crippen molar-refractivity contribution in [2.75, 3.05) is 39.2 Å². The minimum Gasteiger partial charge on any atom is -0.379 e. The lowest BCUT2D eigenvalue weighted by atomic mass is 9.83. The van der Waals surface area contributed by atoms with Crippen molar-refractivity contribution in [2.24, 2.45) is 5.92 Å². The van der Waals surface area contributed by atoms with Gasteiger partial charge < -0.3 is 9.47 Å². The number of nitrogens with zero attached hydrogens (tertiary/aromatic N) is 2. The summed E-state index contributed by atoms with van der Waals surface area (Å²) in [6.07, 6.45) is -0.881. The van der Waals surface area contributed by atoms with Crippen molar-refractivity contribution in [1.82, 2.24) is 31.7 Å². The maximum absolute atomic E-state index is 15.7. The zero-order chi connectivity index (χ0) is 31.4. The van der Waals surface area contributed by atoms with Gasteiger partial charge in [-0.15, -0.1) is 11.8 Å². The van der Waals surface area contributed by atoms with Crippen LogP contribution in [0.15, 0.2) is 0 Å². The molecule has 254 valence electrons. The Morgan fingerprint density at radius 1 is 1.11 bits per heavy atom. The molecule has 5 N–H and O–H groups in total. The number of ether oxygens (including phenoxy) is 2. The number of methoxy groups -OCH3 is 1. The molecular formula is C27H49F2N7O6S2. The van der Waals surface area contributed by atoms with E-state index in [0.717, 1.165) is 19.5 Å². The highest BCUT2D eigenvalue weighted by Gasteiger charge is 2.46. The van der Waals surface area contributed by atoms with Crippen molar-refractivity contribution in [2.45, 2.75) is 123 Å². The average molecular weight is 670 g/mol. The van der Waals surface area contributed by atoms with Gasteiger partial charge in [0.1, 0.15) is 17.8 Å². The van der Waals surface area contributed by atoms with E-state index in [1.165, 1.54) is 11.8 Å². The van der Waals surface area contributed by atoms with E-state index in [1.807, 2.05) is 0 Å². The molecule has 5 rings (SSSR count). The molecule has 2 saturated carbocycles. The SMILES string of the molecule is COC1C(NC2CC(C)NN2)NC(SC2CCC(S(=O)(=O)CCC3CCCC([N+](=O)[O-])C3F)CC2F)NC1N1CCOCC1. The Morgan fingerprint density at radius 3 is 2.55 bits per heavy atom. The number of nitrogens with one attached hydrogen (secondary N) is 5. The van der Waals surface area contributed by atoms with E-state index >= 15 is 4.39 Å². The Balaban J connectivity index is 1.18. The maximum atomic E-state index is 15.7. The van der Waals surface area contributed by atoms with Crippen LogP contribution >= 0.6 is 11.8 Å².